The highest BCUT2D eigenvalue weighted by molar-refractivity contribution is 9.10. The second-order valence-electron chi connectivity index (χ2n) is 6.09. The van der Waals surface area contributed by atoms with Crippen LogP contribution in [0.5, 0.6) is 5.75 Å². The van der Waals surface area contributed by atoms with Gasteiger partial charge in [0.25, 0.3) is 0 Å². The average Bonchev–Trinajstić information content (AvgIpc) is 3.15. The van der Waals surface area contributed by atoms with E-state index < -0.39 is 0 Å². The van der Waals surface area contributed by atoms with Gasteiger partial charge in [-0.15, -0.1) is 11.3 Å². The third kappa shape index (κ3) is 6.64. The predicted molar refractivity (Wildman–Crippen MR) is 119 cm³/mol. The highest BCUT2D eigenvalue weighted by Crippen LogP contribution is 2.19. The summed E-state index contributed by atoms with van der Waals surface area (Å²) in [6.45, 7) is 2.24. The van der Waals surface area contributed by atoms with E-state index in [0.717, 1.165) is 5.56 Å². The summed E-state index contributed by atoms with van der Waals surface area (Å²) in [6.07, 6.45) is 1.76. The monoisotopic (exact) mass is 491 g/mol. The Labute approximate surface area is 185 Å². The lowest BCUT2D eigenvalue weighted by molar-refractivity contribution is -0.142. The average molecular weight is 492 g/mol. The second kappa shape index (κ2) is 10.8. The molecule has 1 N–H and O–H groups in total. The largest absolute Gasteiger partial charge is 0.489 e. The van der Waals surface area contributed by atoms with Crippen molar-refractivity contribution in [2.45, 2.75) is 20.0 Å². The molecule has 3 rings (SSSR count). The van der Waals surface area contributed by atoms with Crippen molar-refractivity contribution in [2.24, 2.45) is 5.10 Å². The molecule has 0 saturated carbocycles. The van der Waals surface area contributed by atoms with Gasteiger partial charge in [-0.25, -0.2) is 9.37 Å². The fourth-order valence-electron chi connectivity index (χ4n) is 2.45. The van der Waals surface area contributed by atoms with Gasteiger partial charge in [-0.2, -0.15) is 5.10 Å². The molecule has 9 heteroatoms. The van der Waals surface area contributed by atoms with Crippen LogP contribution >= 0.6 is 27.3 Å². The van der Waals surface area contributed by atoms with Gasteiger partial charge in [-0.1, -0.05) is 34.1 Å². The number of nitrogens with zero attached hydrogens (tertiary/aromatic N) is 2. The van der Waals surface area contributed by atoms with Crippen LogP contribution in [0.25, 0.3) is 0 Å². The van der Waals surface area contributed by atoms with Crippen LogP contribution in [0.3, 0.4) is 0 Å². The molecule has 0 fully saturated rings. The summed E-state index contributed by atoms with van der Waals surface area (Å²) in [5.74, 6) is -0.0259. The zero-order valence-corrected chi connectivity index (χ0v) is 18.5. The topological polar surface area (TPSA) is 72.8 Å². The molecule has 0 radical (unpaired) electrons. The van der Waals surface area contributed by atoms with Crippen molar-refractivity contribution in [3.63, 3.8) is 0 Å². The molecule has 156 valence electrons. The maximum Gasteiger partial charge on any atom is 0.311 e. The van der Waals surface area contributed by atoms with Crippen molar-refractivity contribution in [1.82, 2.24) is 4.98 Å². The molecule has 0 aliphatic carbocycles. The summed E-state index contributed by atoms with van der Waals surface area (Å²) in [6, 6.07) is 12.2. The van der Waals surface area contributed by atoms with Crippen LogP contribution < -0.4 is 10.2 Å². The summed E-state index contributed by atoms with van der Waals surface area (Å²) in [5.41, 5.74) is 4.75. The molecular formula is C21H19BrFN3O3S. The first-order valence-electron chi connectivity index (χ1n) is 9.09. The summed E-state index contributed by atoms with van der Waals surface area (Å²) >= 11 is 4.58. The number of esters is 1. The number of hydrazone groups is 1. The highest BCUT2D eigenvalue weighted by Gasteiger charge is 2.08. The van der Waals surface area contributed by atoms with Gasteiger partial charge < -0.3 is 9.47 Å². The lowest BCUT2D eigenvalue weighted by Crippen LogP contribution is -2.07. The molecule has 1 heterocycles. The van der Waals surface area contributed by atoms with Crippen LogP contribution in [-0.2, 0) is 22.6 Å². The molecule has 30 heavy (non-hydrogen) atoms. The summed E-state index contributed by atoms with van der Waals surface area (Å²) in [4.78, 5) is 15.8. The molecular weight excluding hydrogens is 473 g/mol. The van der Waals surface area contributed by atoms with E-state index in [1.165, 1.54) is 17.4 Å². The van der Waals surface area contributed by atoms with Gasteiger partial charge >= 0.3 is 5.97 Å². The first-order valence-corrected chi connectivity index (χ1v) is 10.8. The first kappa shape index (κ1) is 21.9. The molecule has 0 aliphatic heterocycles. The number of anilines is 1. The van der Waals surface area contributed by atoms with E-state index in [1.54, 1.807) is 42.8 Å². The van der Waals surface area contributed by atoms with Gasteiger partial charge in [0.1, 0.15) is 18.2 Å². The van der Waals surface area contributed by atoms with Crippen molar-refractivity contribution in [3.05, 3.63) is 75.0 Å². The van der Waals surface area contributed by atoms with Gasteiger partial charge in [0.2, 0.25) is 5.13 Å². The minimum Gasteiger partial charge on any atom is -0.489 e. The van der Waals surface area contributed by atoms with E-state index in [4.69, 9.17) is 9.47 Å². The van der Waals surface area contributed by atoms with E-state index in [-0.39, 0.29) is 24.8 Å². The van der Waals surface area contributed by atoms with Crippen molar-refractivity contribution in [1.29, 1.82) is 0 Å². The minimum atomic E-state index is -0.322. The molecule has 0 saturated heterocycles. The number of thiazole rings is 1. The molecule has 3 aromatic rings. The number of carbonyl (C=O) groups is 1. The molecule has 2 aromatic carbocycles. The van der Waals surface area contributed by atoms with E-state index in [1.807, 2.05) is 12.1 Å². The smallest absolute Gasteiger partial charge is 0.311 e. The lowest BCUT2D eigenvalue weighted by Gasteiger charge is -2.08. The number of hydrogen-bond donors (Lipinski definition) is 1. The number of halogens is 2. The minimum absolute atomic E-state index is 0.125. The maximum atomic E-state index is 13.9. The molecule has 6 nitrogen and oxygen atoms in total. The van der Waals surface area contributed by atoms with Crippen LogP contribution in [0.2, 0.25) is 0 Å². The Morgan fingerprint density at radius 3 is 3.00 bits per heavy atom. The normalized spacial score (nSPS) is 10.9. The summed E-state index contributed by atoms with van der Waals surface area (Å²) in [5, 5.41) is 6.51. The first-order chi connectivity index (χ1) is 14.5. The molecule has 0 bridgehead atoms. The van der Waals surface area contributed by atoms with Gasteiger partial charge in [0, 0.05) is 15.4 Å². The highest BCUT2D eigenvalue weighted by atomic mass is 79.9. The van der Waals surface area contributed by atoms with Crippen molar-refractivity contribution in [3.8, 4) is 5.75 Å². The Balaban J connectivity index is 1.54. The molecule has 1 aromatic heterocycles. The number of benzene rings is 2. The molecule has 0 spiro atoms. The summed E-state index contributed by atoms with van der Waals surface area (Å²) in [7, 11) is 0. The zero-order valence-electron chi connectivity index (χ0n) is 16.1. The Kier molecular flexibility index (Phi) is 7.92. The van der Waals surface area contributed by atoms with Crippen molar-refractivity contribution < 1.29 is 18.7 Å². The van der Waals surface area contributed by atoms with E-state index >= 15 is 0 Å². The molecule has 0 amide bonds. The third-order valence-corrected chi connectivity index (χ3v) is 5.11. The maximum absolute atomic E-state index is 13.9. The van der Waals surface area contributed by atoms with Gasteiger partial charge in [-0.05, 0) is 36.8 Å². The van der Waals surface area contributed by atoms with E-state index in [9.17, 15) is 9.18 Å². The summed E-state index contributed by atoms with van der Waals surface area (Å²) < 4.78 is 25.2. The fourth-order valence-corrected chi connectivity index (χ4v) is 3.44. The number of rotatable bonds is 9. The van der Waals surface area contributed by atoms with Gasteiger partial charge in [0.05, 0.1) is 24.9 Å². The standard InChI is InChI=1S/C21H19BrFN3O3S/c1-2-28-20(27)10-17-13-30-21(25-17)26-24-11-14-4-3-5-18(8-14)29-12-15-6-7-16(22)9-19(15)23/h3-9,11,13H,2,10,12H2,1H3,(H,25,26). The van der Waals surface area contributed by atoms with Crippen LogP contribution in [0.4, 0.5) is 9.52 Å². The van der Waals surface area contributed by atoms with Crippen LogP contribution in [0.15, 0.2) is 57.4 Å². The molecule has 0 unspecified atom stereocenters. The van der Waals surface area contributed by atoms with Crippen LogP contribution in [0, 0.1) is 5.82 Å². The number of ether oxygens (including phenoxy) is 2. The van der Waals surface area contributed by atoms with Crippen LogP contribution in [-0.4, -0.2) is 23.8 Å². The van der Waals surface area contributed by atoms with Gasteiger partial charge in [0.15, 0.2) is 0 Å². The lowest BCUT2D eigenvalue weighted by atomic mass is 10.2. The fraction of sp³-hybridized carbons (Fsp3) is 0.190. The second-order valence-corrected chi connectivity index (χ2v) is 7.87. The number of hydrogen-bond acceptors (Lipinski definition) is 7. The predicted octanol–water partition coefficient (Wildman–Crippen LogP) is 5.18. The van der Waals surface area contributed by atoms with Crippen molar-refractivity contribution in [2.75, 3.05) is 12.0 Å². The van der Waals surface area contributed by atoms with Crippen molar-refractivity contribution >= 4 is 44.6 Å². The number of carbonyl (C=O) groups excluding carboxylic acids is 1. The Morgan fingerprint density at radius 2 is 2.20 bits per heavy atom. The van der Waals surface area contributed by atoms with E-state index in [2.05, 4.69) is 31.4 Å². The number of nitrogens with one attached hydrogen (secondary N) is 1. The molecule has 0 aliphatic rings. The quantitative estimate of drug-likeness (QED) is 0.253. The van der Waals surface area contributed by atoms with E-state index in [0.29, 0.717) is 33.2 Å². The molecule has 0 atom stereocenters. The Morgan fingerprint density at radius 1 is 1.33 bits per heavy atom. The SMILES string of the molecule is CCOC(=O)Cc1csc(NN=Cc2cccc(OCc3ccc(Br)cc3F)c2)n1. The van der Waals surface area contributed by atoms with Crippen LogP contribution in [0.1, 0.15) is 23.7 Å². The van der Waals surface area contributed by atoms with Gasteiger partial charge in [-0.3, -0.25) is 10.2 Å². The Hall–Kier alpha value is -2.78. The number of aromatic nitrogens is 1. The zero-order chi connectivity index (χ0) is 21.3. The third-order valence-electron chi connectivity index (χ3n) is 3.82. The Bertz CT molecular complexity index is 1040.